The summed E-state index contributed by atoms with van der Waals surface area (Å²) in [4.78, 5) is 14.2. The number of carbonyl (C=O) groups is 1. The third-order valence-electron chi connectivity index (χ3n) is 6.16. The van der Waals surface area contributed by atoms with Crippen LogP contribution >= 0.6 is 0 Å². The van der Waals surface area contributed by atoms with Crippen molar-refractivity contribution in [3.05, 3.63) is 53.6 Å². The molecule has 1 N–H and O–H groups in total. The van der Waals surface area contributed by atoms with Gasteiger partial charge >= 0.3 is 12.3 Å². The largest absolute Gasteiger partial charge is 0.593 e. The molecule has 1 aliphatic heterocycles. The van der Waals surface area contributed by atoms with E-state index in [0.717, 1.165) is 16.8 Å². The molecule has 0 amide bonds. The first kappa shape index (κ1) is 23.7. The van der Waals surface area contributed by atoms with Gasteiger partial charge in [-0.05, 0) is 74.2 Å². The minimum absolute atomic E-state index is 0.107. The lowest BCUT2D eigenvalue weighted by Crippen LogP contribution is -2.58. The SMILES string of the molecule is CC1CN(c2ccc(OC(F)(F)F)cc2)CC(C)N1[S+]([O-])c1ccc2c(c1)C(C(=O)O)CC2. The Bertz CT molecular complexity index is 1010. The van der Waals surface area contributed by atoms with E-state index in [4.69, 9.17) is 0 Å². The van der Waals surface area contributed by atoms with Crippen LogP contribution in [0, 0.1) is 0 Å². The van der Waals surface area contributed by atoms with Crippen molar-refractivity contribution in [3.8, 4) is 5.75 Å². The summed E-state index contributed by atoms with van der Waals surface area (Å²) in [5, 5.41) is 9.48. The van der Waals surface area contributed by atoms with Gasteiger partial charge in [0.25, 0.3) is 0 Å². The molecule has 178 valence electrons. The molecule has 1 saturated heterocycles. The van der Waals surface area contributed by atoms with E-state index in [0.29, 0.717) is 30.8 Å². The van der Waals surface area contributed by atoms with E-state index < -0.39 is 29.6 Å². The second kappa shape index (κ2) is 9.08. The highest BCUT2D eigenvalue weighted by molar-refractivity contribution is 7.89. The highest BCUT2D eigenvalue weighted by Gasteiger charge is 2.40. The molecule has 1 heterocycles. The number of alkyl halides is 3. The van der Waals surface area contributed by atoms with Gasteiger partial charge in [0.1, 0.15) is 5.75 Å². The summed E-state index contributed by atoms with van der Waals surface area (Å²) >= 11 is -1.47. The summed E-state index contributed by atoms with van der Waals surface area (Å²) in [7, 11) is 0. The van der Waals surface area contributed by atoms with Crippen molar-refractivity contribution in [1.29, 1.82) is 0 Å². The molecule has 0 spiro atoms. The highest BCUT2D eigenvalue weighted by atomic mass is 32.2. The van der Waals surface area contributed by atoms with Gasteiger partial charge in [-0.1, -0.05) is 6.07 Å². The van der Waals surface area contributed by atoms with Crippen LogP contribution in [0.4, 0.5) is 18.9 Å². The average Bonchev–Trinajstić information content (AvgIpc) is 3.16. The van der Waals surface area contributed by atoms with Crippen LogP contribution in [0.2, 0.25) is 0 Å². The fourth-order valence-corrected chi connectivity index (χ4v) is 6.21. The molecule has 1 fully saturated rings. The number of ether oxygens (including phenoxy) is 1. The maximum atomic E-state index is 13.5. The van der Waals surface area contributed by atoms with Crippen LogP contribution in [0.1, 0.15) is 37.3 Å². The molecule has 0 aromatic heterocycles. The first-order chi connectivity index (χ1) is 15.5. The number of anilines is 1. The van der Waals surface area contributed by atoms with Gasteiger partial charge in [-0.2, -0.15) is 0 Å². The Kier molecular flexibility index (Phi) is 6.52. The number of hydrogen-bond acceptors (Lipinski definition) is 5. The normalized spacial score (nSPS) is 24.4. The number of fused-ring (bicyclic) bond motifs is 1. The van der Waals surface area contributed by atoms with E-state index in [1.807, 2.05) is 35.2 Å². The number of rotatable bonds is 5. The molecule has 4 unspecified atom stereocenters. The molecule has 0 bridgehead atoms. The molecule has 4 rings (SSSR count). The molecule has 2 aromatic carbocycles. The third kappa shape index (κ3) is 5.07. The van der Waals surface area contributed by atoms with E-state index in [1.165, 1.54) is 12.1 Å². The Hall–Kier alpha value is -2.43. The van der Waals surface area contributed by atoms with Crippen LogP contribution in [0.15, 0.2) is 47.4 Å². The molecule has 2 aliphatic rings. The Morgan fingerprint density at radius 3 is 2.33 bits per heavy atom. The van der Waals surface area contributed by atoms with Crippen molar-refractivity contribution in [3.63, 3.8) is 0 Å². The minimum Gasteiger partial charge on any atom is -0.593 e. The van der Waals surface area contributed by atoms with E-state index in [9.17, 15) is 27.6 Å². The number of piperazine rings is 1. The number of hydrogen-bond donors (Lipinski definition) is 1. The molecular weight excluding hydrogens is 457 g/mol. The second-order valence-electron chi connectivity index (χ2n) is 8.54. The summed E-state index contributed by atoms with van der Waals surface area (Å²) in [6.45, 7) is 4.99. The van der Waals surface area contributed by atoms with Crippen LogP contribution in [-0.4, -0.2) is 51.5 Å². The summed E-state index contributed by atoms with van der Waals surface area (Å²) in [6, 6.07) is 11.0. The molecule has 0 radical (unpaired) electrons. The Labute approximate surface area is 193 Å². The maximum absolute atomic E-state index is 13.5. The lowest BCUT2D eigenvalue weighted by Gasteiger charge is -2.43. The maximum Gasteiger partial charge on any atom is 0.573 e. The molecule has 33 heavy (non-hydrogen) atoms. The summed E-state index contributed by atoms with van der Waals surface area (Å²) < 4.78 is 56.5. The topological polar surface area (TPSA) is 76.1 Å². The zero-order chi connectivity index (χ0) is 23.9. The molecule has 2 aromatic rings. The number of halogens is 3. The van der Waals surface area contributed by atoms with Gasteiger partial charge in [-0.3, -0.25) is 4.79 Å². The van der Waals surface area contributed by atoms with Gasteiger partial charge in [0, 0.05) is 18.8 Å². The number of carboxylic acids is 1. The lowest BCUT2D eigenvalue weighted by molar-refractivity contribution is -0.274. The lowest BCUT2D eigenvalue weighted by atomic mass is 10.0. The third-order valence-corrected chi connectivity index (χ3v) is 7.92. The fraction of sp³-hybridized carbons (Fsp3) is 0.435. The van der Waals surface area contributed by atoms with Gasteiger partial charge < -0.3 is 19.3 Å². The van der Waals surface area contributed by atoms with E-state index in [1.54, 1.807) is 18.2 Å². The van der Waals surface area contributed by atoms with Crippen molar-refractivity contribution in [2.75, 3.05) is 18.0 Å². The number of carboxylic acid groups (broad SMARTS) is 1. The summed E-state index contributed by atoms with van der Waals surface area (Å²) in [5.74, 6) is -1.70. The number of benzene rings is 2. The highest BCUT2D eigenvalue weighted by Crippen LogP contribution is 2.36. The van der Waals surface area contributed by atoms with Crippen LogP contribution < -0.4 is 9.64 Å². The number of aryl methyl sites for hydroxylation is 1. The summed E-state index contributed by atoms with van der Waals surface area (Å²) in [6.07, 6.45) is -3.47. The Morgan fingerprint density at radius 1 is 1.12 bits per heavy atom. The van der Waals surface area contributed by atoms with Crippen molar-refractivity contribution < 1.29 is 32.4 Å². The predicted octanol–water partition coefficient (Wildman–Crippen LogP) is 4.32. The molecule has 4 atom stereocenters. The van der Waals surface area contributed by atoms with Crippen molar-refractivity contribution in [2.45, 2.75) is 55.9 Å². The molecular formula is C23H25F3N2O4S. The number of aliphatic carboxylic acids is 1. The quantitative estimate of drug-likeness (QED) is 0.640. The van der Waals surface area contributed by atoms with Crippen molar-refractivity contribution in [1.82, 2.24) is 4.31 Å². The Balaban J connectivity index is 1.47. The zero-order valence-electron chi connectivity index (χ0n) is 18.2. The van der Waals surface area contributed by atoms with Crippen molar-refractivity contribution >= 4 is 23.0 Å². The molecule has 1 aliphatic carbocycles. The van der Waals surface area contributed by atoms with E-state index in [-0.39, 0.29) is 17.8 Å². The van der Waals surface area contributed by atoms with Gasteiger partial charge in [0.15, 0.2) is 4.90 Å². The van der Waals surface area contributed by atoms with E-state index in [2.05, 4.69) is 4.74 Å². The Morgan fingerprint density at radius 2 is 1.76 bits per heavy atom. The molecule has 6 nitrogen and oxygen atoms in total. The summed E-state index contributed by atoms with van der Waals surface area (Å²) in [5.41, 5.74) is 2.50. The average molecular weight is 483 g/mol. The first-order valence-electron chi connectivity index (χ1n) is 10.7. The van der Waals surface area contributed by atoms with Gasteiger partial charge in [-0.25, -0.2) is 0 Å². The molecule has 10 heteroatoms. The van der Waals surface area contributed by atoms with Crippen LogP contribution in [0.25, 0.3) is 0 Å². The second-order valence-corrected chi connectivity index (χ2v) is 9.94. The van der Waals surface area contributed by atoms with Crippen molar-refractivity contribution in [2.24, 2.45) is 0 Å². The standard InChI is InChI=1S/C23H25F3N2O4S/c1-14-12-27(17-5-7-18(8-6-17)32-23(24,25)26)13-15(2)28(14)33(31)19-9-3-16-4-10-20(22(29)30)21(16)11-19/h3,5-9,11,14-15,20H,4,10,12-13H2,1-2H3,(H,29,30). The molecule has 0 saturated carbocycles. The predicted molar refractivity (Wildman–Crippen MR) is 118 cm³/mol. The monoisotopic (exact) mass is 482 g/mol. The van der Waals surface area contributed by atoms with Crippen LogP contribution in [-0.2, 0) is 22.6 Å². The van der Waals surface area contributed by atoms with E-state index >= 15 is 0 Å². The van der Waals surface area contributed by atoms with Gasteiger partial charge in [0.05, 0.1) is 29.4 Å². The number of nitrogens with zero attached hydrogens (tertiary/aromatic N) is 2. The first-order valence-corrected chi connectivity index (χ1v) is 11.8. The van der Waals surface area contributed by atoms with Gasteiger partial charge in [0.2, 0.25) is 0 Å². The smallest absolute Gasteiger partial charge is 0.573 e. The zero-order valence-corrected chi connectivity index (χ0v) is 19.0. The minimum atomic E-state index is -4.73. The fourth-order valence-electron chi connectivity index (χ4n) is 4.77. The van der Waals surface area contributed by atoms with Crippen LogP contribution in [0.5, 0.6) is 5.75 Å². The van der Waals surface area contributed by atoms with Crippen LogP contribution in [0.3, 0.4) is 0 Å². The van der Waals surface area contributed by atoms with Gasteiger partial charge in [-0.15, -0.1) is 17.5 Å².